The molecule has 0 unspecified atom stereocenters. The number of aryl methyl sites for hydroxylation is 1. The number of nitrogens with one attached hydrogen (secondary N) is 1. The number of Topliss-reactive ketones (excluding diaryl/α,β-unsaturated/α-hetero) is 1. The van der Waals surface area contributed by atoms with Gasteiger partial charge in [-0.1, -0.05) is 17.7 Å². The van der Waals surface area contributed by atoms with E-state index in [2.05, 4.69) is 10.5 Å². The lowest BCUT2D eigenvalue weighted by molar-refractivity contribution is -0.115. The fourth-order valence-corrected chi connectivity index (χ4v) is 1.32. The highest BCUT2D eigenvalue weighted by atomic mass is 16.2. The Bertz CT molecular complexity index is 447. The summed E-state index contributed by atoms with van der Waals surface area (Å²) in [5.74, 6) is -0.247. The minimum atomic E-state index is -0.270. The van der Waals surface area contributed by atoms with Crippen LogP contribution in [0.3, 0.4) is 0 Å². The lowest BCUT2D eigenvalue weighted by atomic mass is 10.1. The van der Waals surface area contributed by atoms with E-state index in [1.54, 1.807) is 19.1 Å². The average Bonchev–Trinajstić information content (AvgIpc) is 2.26. The van der Waals surface area contributed by atoms with Gasteiger partial charge >= 0.3 is 0 Å². The van der Waals surface area contributed by atoms with Gasteiger partial charge in [-0.25, -0.2) is 5.43 Å². The molecule has 1 rings (SSSR count). The van der Waals surface area contributed by atoms with Gasteiger partial charge in [0, 0.05) is 17.7 Å². The second-order valence-electron chi connectivity index (χ2n) is 4.03. The molecule has 4 nitrogen and oxygen atoms in total. The van der Waals surface area contributed by atoms with Gasteiger partial charge in [-0.15, -0.1) is 0 Å². The van der Waals surface area contributed by atoms with Crippen LogP contribution in [-0.4, -0.2) is 17.4 Å². The largest absolute Gasteiger partial charge is 0.300 e. The third-order valence-corrected chi connectivity index (χ3v) is 2.17. The highest BCUT2D eigenvalue weighted by Crippen LogP contribution is 2.02. The third-order valence-electron chi connectivity index (χ3n) is 2.17. The smallest absolute Gasteiger partial charge is 0.271 e. The molecule has 0 spiro atoms. The molecule has 0 radical (unpaired) electrons. The lowest BCUT2D eigenvalue weighted by Crippen LogP contribution is -2.19. The van der Waals surface area contributed by atoms with Crippen molar-refractivity contribution in [1.82, 2.24) is 5.43 Å². The van der Waals surface area contributed by atoms with Gasteiger partial charge < -0.3 is 0 Å². The van der Waals surface area contributed by atoms with Crippen LogP contribution in [0, 0.1) is 6.92 Å². The number of ketones is 1. The van der Waals surface area contributed by atoms with Crippen molar-refractivity contribution >= 4 is 17.4 Å². The van der Waals surface area contributed by atoms with Gasteiger partial charge in [0.1, 0.15) is 5.78 Å². The number of carbonyl (C=O) groups is 2. The molecule has 1 aromatic carbocycles. The van der Waals surface area contributed by atoms with Gasteiger partial charge in [-0.2, -0.15) is 5.10 Å². The summed E-state index contributed by atoms with van der Waals surface area (Å²) in [4.78, 5) is 22.5. The molecule has 0 aromatic heterocycles. The number of hydrazone groups is 1. The summed E-state index contributed by atoms with van der Waals surface area (Å²) in [6.07, 6.45) is 0.258. The molecular formula is C13H16N2O2. The summed E-state index contributed by atoms with van der Waals surface area (Å²) in [5, 5.41) is 3.86. The van der Waals surface area contributed by atoms with Gasteiger partial charge in [0.05, 0.1) is 0 Å². The van der Waals surface area contributed by atoms with E-state index in [0.29, 0.717) is 11.3 Å². The summed E-state index contributed by atoms with van der Waals surface area (Å²) >= 11 is 0. The maximum atomic E-state index is 11.6. The van der Waals surface area contributed by atoms with Crippen LogP contribution in [0.4, 0.5) is 0 Å². The van der Waals surface area contributed by atoms with Gasteiger partial charge in [0.25, 0.3) is 5.91 Å². The fourth-order valence-electron chi connectivity index (χ4n) is 1.32. The summed E-state index contributed by atoms with van der Waals surface area (Å²) in [6, 6.07) is 7.20. The third kappa shape index (κ3) is 4.59. The van der Waals surface area contributed by atoms with Gasteiger partial charge in [-0.05, 0) is 32.9 Å². The van der Waals surface area contributed by atoms with E-state index in [0.717, 1.165) is 5.56 Å². The van der Waals surface area contributed by atoms with Crippen molar-refractivity contribution in [2.24, 2.45) is 5.10 Å². The zero-order valence-electron chi connectivity index (χ0n) is 10.3. The molecule has 0 fully saturated rings. The van der Waals surface area contributed by atoms with Gasteiger partial charge in [0.2, 0.25) is 0 Å². The standard InChI is InChI=1S/C13H16N2O2/c1-9-4-6-12(7-5-9)13(17)15-14-10(2)8-11(3)16/h4-7H,8H2,1-3H3,(H,15,17)/b14-10+. The molecule has 0 bridgehead atoms. The Kier molecular flexibility index (Phi) is 4.57. The first-order valence-corrected chi connectivity index (χ1v) is 5.38. The zero-order valence-corrected chi connectivity index (χ0v) is 10.3. The maximum Gasteiger partial charge on any atom is 0.271 e. The van der Waals surface area contributed by atoms with Crippen LogP contribution in [0.1, 0.15) is 36.2 Å². The molecule has 1 N–H and O–H groups in total. The Labute approximate surface area is 101 Å². The van der Waals surface area contributed by atoms with Gasteiger partial charge in [0.15, 0.2) is 0 Å². The number of carbonyl (C=O) groups excluding carboxylic acids is 2. The SMILES string of the molecule is CC(=O)C/C(C)=N/NC(=O)c1ccc(C)cc1. The number of amides is 1. The molecule has 1 amide bonds. The number of nitrogens with zero attached hydrogens (tertiary/aromatic N) is 1. The summed E-state index contributed by atoms with van der Waals surface area (Å²) in [7, 11) is 0. The molecule has 0 aliphatic carbocycles. The molecule has 0 aliphatic rings. The molecular weight excluding hydrogens is 216 g/mol. The first kappa shape index (κ1) is 13.1. The van der Waals surface area contributed by atoms with Crippen molar-refractivity contribution in [3.63, 3.8) is 0 Å². The fraction of sp³-hybridized carbons (Fsp3) is 0.308. The Balaban J connectivity index is 2.61. The topological polar surface area (TPSA) is 58.5 Å². The Morgan fingerprint density at radius 1 is 1.18 bits per heavy atom. The Hall–Kier alpha value is -1.97. The van der Waals surface area contributed by atoms with Crippen molar-refractivity contribution in [2.45, 2.75) is 27.2 Å². The van der Waals surface area contributed by atoms with E-state index in [1.165, 1.54) is 6.92 Å². The number of rotatable bonds is 4. The van der Waals surface area contributed by atoms with Crippen molar-refractivity contribution < 1.29 is 9.59 Å². The van der Waals surface area contributed by atoms with Crippen molar-refractivity contribution in [3.8, 4) is 0 Å². The molecule has 0 heterocycles. The first-order chi connectivity index (χ1) is 7.99. The minimum Gasteiger partial charge on any atom is -0.300 e. The number of hydrogen-bond donors (Lipinski definition) is 1. The van der Waals surface area contributed by atoms with Crippen LogP contribution in [0.5, 0.6) is 0 Å². The van der Waals surface area contributed by atoms with Crippen LogP contribution >= 0.6 is 0 Å². The normalized spacial score (nSPS) is 11.1. The van der Waals surface area contributed by atoms with E-state index in [1.807, 2.05) is 19.1 Å². The summed E-state index contributed by atoms with van der Waals surface area (Å²) in [6.45, 7) is 5.15. The predicted octanol–water partition coefficient (Wildman–Crippen LogP) is 2.08. The van der Waals surface area contributed by atoms with E-state index >= 15 is 0 Å². The predicted molar refractivity (Wildman–Crippen MR) is 67.1 cm³/mol. The highest BCUT2D eigenvalue weighted by molar-refractivity contribution is 6.01. The molecule has 90 valence electrons. The van der Waals surface area contributed by atoms with E-state index in [4.69, 9.17) is 0 Å². The van der Waals surface area contributed by atoms with Crippen LogP contribution in [0.15, 0.2) is 29.4 Å². The molecule has 0 atom stereocenters. The maximum absolute atomic E-state index is 11.6. The van der Waals surface area contributed by atoms with E-state index in [9.17, 15) is 9.59 Å². The highest BCUT2D eigenvalue weighted by Gasteiger charge is 2.04. The van der Waals surface area contributed by atoms with Crippen LogP contribution < -0.4 is 5.43 Å². The van der Waals surface area contributed by atoms with Crippen LogP contribution in [0.2, 0.25) is 0 Å². The summed E-state index contributed by atoms with van der Waals surface area (Å²) in [5.41, 5.74) is 4.66. The van der Waals surface area contributed by atoms with Crippen molar-refractivity contribution in [1.29, 1.82) is 0 Å². The number of hydrogen-bond acceptors (Lipinski definition) is 3. The molecule has 1 aromatic rings. The molecule has 0 aliphatic heterocycles. The van der Waals surface area contributed by atoms with Gasteiger partial charge in [-0.3, -0.25) is 9.59 Å². The second-order valence-corrected chi connectivity index (χ2v) is 4.03. The number of benzene rings is 1. The van der Waals surface area contributed by atoms with E-state index in [-0.39, 0.29) is 18.1 Å². The zero-order chi connectivity index (χ0) is 12.8. The quantitative estimate of drug-likeness (QED) is 0.638. The second kappa shape index (κ2) is 5.94. The lowest BCUT2D eigenvalue weighted by Gasteiger charge is -2.02. The monoisotopic (exact) mass is 232 g/mol. The molecule has 0 saturated heterocycles. The minimum absolute atomic E-state index is 0.0239. The van der Waals surface area contributed by atoms with Crippen molar-refractivity contribution in [2.75, 3.05) is 0 Å². The molecule has 4 heteroatoms. The molecule has 17 heavy (non-hydrogen) atoms. The Morgan fingerprint density at radius 3 is 2.29 bits per heavy atom. The van der Waals surface area contributed by atoms with Crippen LogP contribution in [-0.2, 0) is 4.79 Å². The van der Waals surface area contributed by atoms with Crippen LogP contribution in [0.25, 0.3) is 0 Å². The molecule has 0 saturated carbocycles. The summed E-state index contributed by atoms with van der Waals surface area (Å²) < 4.78 is 0. The van der Waals surface area contributed by atoms with E-state index < -0.39 is 0 Å². The first-order valence-electron chi connectivity index (χ1n) is 5.38. The average molecular weight is 232 g/mol. The van der Waals surface area contributed by atoms with Crippen molar-refractivity contribution in [3.05, 3.63) is 35.4 Å². The Morgan fingerprint density at radius 2 is 1.76 bits per heavy atom.